The molecule has 0 spiro atoms. The maximum atomic E-state index is 12.3. The minimum atomic E-state index is 0.176. The van der Waals surface area contributed by atoms with Crippen LogP contribution in [0.2, 0.25) is 0 Å². The van der Waals surface area contributed by atoms with Crippen LogP contribution < -0.4 is 4.74 Å². The molecule has 0 bridgehead atoms. The van der Waals surface area contributed by atoms with Crippen molar-refractivity contribution in [1.82, 2.24) is 30.0 Å². The molecule has 1 fully saturated rings. The van der Waals surface area contributed by atoms with Crippen LogP contribution in [0.1, 0.15) is 19.3 Å². The van der Waals surface area contributed by atoms with Crippen molar-refractivity contribution < 1.29 is 14.1 Å². The van der Waals surface area contributed by atoms with Gasteiger partial charge in [-0.25, -0.2) is 4.68 Å². The van der Waals surface area contributed by atoms with Crippen molar-refractivity contribution in [2.45, 2.75) is 25.8 Å². The first-order valence-electron chi connectivity index (χ1n) is 10.3. The van der Waals surface area contributed by atoms with Gasteiger partial charge in [0.15, 0.2) is 0 Å². The number of ether oxygens (including phenoxy) is 1. The van der Waals surface area contributed by atoms with Gasteiger partial charge in [0, 0.05) is 30.6 Å². The Hall–Kier alpha value is -3.75. The highest BCUT2D eigenvalue weighted by Gasteiger charge is 2.18. The standard InChI is InChI=1S/C22H22N6O3/c1-30-17-6-4-5-16(13-17)22-23-21(25-31-22)15-7-8-19-18(14-15)24-26-28(19)12-9-20(29)27-10-2-3-11-27/h4-8,13-14H,2-3,9-12H2,1H3. The van der Waals surface area contributed by atoms with Crippen molar-refractivity contribution in [2.75, 3.05) is 20.2 Å². The number of benzene rings is 2. The third-order valence-corrected chi connectivity index (χ3v) is 5.51. The SMILES string of the molecule is COc1cccc(-c2nc(-c3ccc4c(c3)nnn4CCC(=O)N3CCCC3)no2)c1. The van der Waals surface area contributed by atoms with Gasteiger partial charge in [-0.1, -0.05) is 16.4 Å². The topological polar surface area (TPSA) is 99.2 Å². The van der Waals surface area contributed by atoms with Crippen LogP contribution in [0.3, 0.4) is 0 Å². The summed E-state index contributed by atoms with van der Waals surface area (Å²) in [4.78, 5) is 18.7. The molecule has 9 nitrogen and oxygen atoms in total. The van der Waals surface area contributed by atoms with Crippen LogP contribution in [0.25, 0.3) is 33.9 Å². The van der Waals surface area contributed by atoms with Crippen LogP contribution in [0, 0.1) is 0 Å². The number of methoxy groups -OCH3 is 1. The molecule has 5 rings (SSSR count). The summed E-state index contributed by atoms with van der Waals surface area (Å²) in [6.07, 6.45) is 2.61. The molecule has 2 aromatic carbocycles. The molecule has 0 atom stereocenters. The van der Waals surface area contributed by atoms with E-state index in [1.54, 1.807) is 11.8 Å². The Kier molecular flexibility index (Phi) is 5.07. The summed E-state index contributed by atoms with van der Waals surface area (Å²) in [5.74, 6) is 1.78. The molecule has 0 unspecified atom stereocenters. The second-order valence-corrected chi connectivity index (χ2v) is 7.51. The zero-order valence-electron chi connectivity index (χ0n) is 17.2. The van der Waals surface area contributed by atoms with E-state index >= 15 is 0 Å². The van der Waals surface area contributed by atoms with E-state index in [1.807, 2.05) is 47.4 Å². The van der Waals surface area contributed by atoms with E-state index in [1.165, 1.54) is 0 Å². The van der Waals surface area contributed by atoms with Crippen LogP contribution in [-0.2, 0) is 11.3 Å². The average molecular weight is 418 g/mol. The Bertz CT molecular complexity index is 1220. The first-order valence-corrected chi connectivity index (χ1v) is 10.3. The minimum Gasteiger partial charge on any atom is -0.497 e. The maximum absolute atomic E-state index is 12.3. The third kappa shape index (κ3) is 3.86. The number of amides is 1. The fourth-order valence-electron chi connectivity index (χ4n) is 3.82. The summed E-state index contributed by atoms with van der Waals surface area (Å²) in [6, 6.07) is 13.2. The van der Waals surface area contributed by atoms with Crippen LogP contribution in [0.15, 0.2) is 47.0 Å². The van der Waals surface area contributed by atoms with Crippen molar-refractivity contribution in [2.24, 2.45) is 0 Å². The van der Waals surface area contributed by atoms with E-state index in [0.717, 1.165) is 53.8 Å². The smallest absolute Gasteiger partial charge is 0.258 e. The molecule has 2 aromatic heterocycles. The second kappa shape index (κ2) is 8.17. The molecule has 1 amide bonds. The number of likely N-dealkylation sites (tertiary alicyclic amines) is 1. The molecule has 31 heavy (non-hydrogen) atoms. The number of fused-ring (bicyclic) bond motifs is 1. The molecule has 1 aliphatic heterocycles. The maximum Gasteiger partial charge on any atom is 0.258 e. The molecule has 9 heteroatoms. The Labute approximate surface area is 178 Å². The summed E-state index contributed by atoms with van der Waals surface area (Å²) >= 11 is 0. The molecule has 158 valence electrons. The van der Waals surface area contributed by atoms with Gasteiger partial charge in [-0.05, 0) is 49.2 Å². The third-order valence-electron chi connectivity index (χ3n) is 5.51. The molecular formula is C22H22N6O3. The highest BCUT2D eigenvalue weighted by Crippen LogP contribution is 2.26. The van der Waals surface area contributed by atoms with Crippen LogP contribution in [0.5, 0.6) is 5.75 Å². The first kappa shape index (κ1) is 19.2. The Balaban J connectivity index is 1.34. The predicted molar refractivity (Wildman–Crippen MR) is 113 cm³/mol. The molecule has 1 saturated heterocycles. The van der Waals surface area contributed by atoms with Gasteiger partial charge in [-0.2, -0.15) is 4.98 Å². The fourth-order valence-corrected chi connectivity index (χ4v) is 3.82. The largest absolute Gasteiger partial charge is 0.497 e. The number of carbonyl (C=O) groups is 1. The van der Waals surface area contributed by atoms with Crippen molar-refractivity contribution >= 4 is 16.9 Å². The lowest BCUT2D eigenvalue weighted by atomic mass is 10.2. The lowest BCUT2D eigenvalue weighted by Crippen LogP contribution is -2.28. The Morgan fingerprint density at radius 3 is 2.84 bits per heavy atom. The number of carbonyl (C=O) groups excluding carboxylic acids is 1. The number of nitrogens with zero attached hydrogens (tertiary/aromatic N) is 6. The number of aryl methyl sites for hydroxylation is 1. The number of rotatable bonds is 6. The molecule has 1 aliphatic rings. The summed E-state index contributed by atoms with van der Waals surface area (Å²) < 4.78 is 12.5. The molecule has 0 aliphatic carbocycles. The van der Waals surface area contributed by atoms with Gasteiger partial charge in [0.05, 0.1) is 19.2 Å². The summed E-state index contributed by atoms with van der Waals surface area (Å²) in [5.41, 5.74) is 3.16. The molecule has 4 aromatic rings. The molecule has 3 heterocycles. The molecule has 0 saturated carbocycles. The van der Waals surface area contributed by atoms with Gasteiger partial charge < -0.3 is 14.2 Å². The zero-order valence-corrected chi connectivity index (χ0v) is 17.2. The summed E-state index contributed by atoms with van der Waals surface area (Å²) in [7, 11) is 1.61. The average Bonchev–Trinajstić information content (AvgIpc) is 3.58. The Morgan fingerprint density at radius 1 is 1.13 bits per heavy atom. The van der Waals surface area contributed by atoms with E-state index in [0.29, 0.717) is 24.7 Å². The Morgan fingerprint density at radius 2 is 2.00 bits per heavy atom. The second-order valence-electron chi connectivity index (χ2n) is 7.51. The van der Waals surface area contributed by atoms with Crippen LogP contribution in [-0.4, -0.2) is 56.1 Å². The fraction of sp³-hybridized carbons (Fsp3) is 0.318. The molecule has 0 N–H and O–H groups in total. The summed E-state index contributed by atoms with van der Waals surface area (Å²) in [5, 5.41) is 12.6. The van der Waals surface area contributed by atoms with Gasteiger partial charge in [0.25, 0.3) is 5.89 Å². The quantitative estimate of drug-likeness (QED) is 0.474. The summed E-state index contributed by atoms with van der Waals surface area (Å²) in [6.45, 7) is 2.23. The number of hydrogen-bond acceptors (Lipinski definition) is 7. The van der Waals surface area contributed by atoms with E-state index in [-0.39, 0.29) is 5.91 Å². The zero-order chi connectivity index (χ0) is 21.2. The van der Waals surface area contributed by atoms with Crippen molar-refractivity contribution in [3.8, 4) is 28.6 Å². The highest BCUT2D eigenvalue weighted by molar-refractivity contribution is 5.80. The highest BCUT2D eigenvalue weighted by atomic mass is 16.5. The predicted octanol–water partition coefficient (Wildman–Crippen LogP) is 3.17. The van der Waals surface area contributed by atoms with Crippen molar-refractivity contribution in [3.05, 3.63) is 42.5 Å². The number of aromatic nitrogens is 5. The van der Waals surface area contributed by atoms with E-state index in [4.69, 9.17) is 9.26 Å². The van der Waals surface area contributed by atoms with Gasteiger partial charge in [-0.3, -0.25) is 4.79 Å². The minimum absolute atomic E-state index is 0.176. The van der Waals surface area contributed by atoms with E-state index in [9.17, 15) is 4.79 Å². The lowest BCUT2D eigenvalue weighted by molar-refractivity contribution is -0.130. The van der Waals surface area contributed by atoms with Gasteiger partial charge >= 0.3 is 0 Å². The van der Waals surface area contributed by atoms with Crippen molar-refractivity contribution in [1.29, 1.82) is 0 Å². The monoisotopic (exact) mass is 418 g/mol. The molecule has 0 radical (unpaired) electrons. The van der Waals surface area contributed by atoms with Crippen LogP contribution >= 0.6 is 0 Å². The van der Waals surface area contributed by atoms with Crippen molar-refractivity contribution in [3.63, 3.8) is 0 Å². The van der Waals surface area contributed by atoms with Gasteiger partial charge in [0.2, 0.25) is 11.7 Å². The van der Waals surface area contributed by atoms with Gasteiger partial charge in [-0.15, -0.1) is 5.10 Å². The molecular weight excluding hydrogens is 396 g/mol. The lowest BCUT2D eigenvalue weighted by Gasteiger charge is -2.14. The van der Waals surface area contributed by atoms with Gasteiger partial charge in [0.1, 0.15) is 11.3 Å². The van der Waals surface area contributed by atoms with E-state index in [2.05, 4.69) is 20.5 Å². The normalized spacial score (nSPS) is 13.8. The van der Waals surface area contributed by atoms with Crippen LogP contribution in [0.4, 0.5) is 0 Å². The first-order chi connectivity index (χ1) is 15.2. The van der Waals surface area contributed by atoms with E-state index < -0.39 is 0 Å². The number of hydrogen-bond donors (Lipinski definition) is 0.